The minimum atomic E-state index is -0.644. The molecular formula is C19H15BrFN3O2. The zero-order valence-corrected chi connectivity index (χ0v) is 15.4. The van der Waals surface area contributed by atoms with Gasteiger partial charge < -0.3 is 10.1 Å². The summed E-state index contributed by atoms with van der Waals surface area (Å²) in [5, 5.41) is 7.42. The molecule has 26 heavy (non-hydrogen) atoms. The van der Waals surface area contributed by atoms with Crippen LogP contribution in [0.5, 0.6) is 0 Å². The van der Waals surface area contributed by atoms with E-state index in [9.17, 15) is 9.18 Å². The normalized spacial score (nSPS) is 19.6. The van der Waals surface area contributed by atoms with Gasteiger partial charge in [-0.05, 0) is 48.9 Å². The molecule has 1 aromatic heterocycles. The highest BCUT2D eigenvalue weighted by molar-refractivity contribution is 9.10. The Bertz CT molecular complexity index is 954. The van der Waals surface area contributed by atoms with E-state index in [-0.39, 0.29) is 11.7 Å². The topological polar surface area (TPSA) is 56.1 Å². The molecule has 1 amide bonds. The van der Waals surface area contributed by atoms with Gasteiger partial charge in [0.1, 0.15) is 17.6 Å². The van der Waals surface area contributed by atoms with Crippen molar-refractivity contribution in [3.63, 3.8) is 0 Å². The SMILES string of the molecule is CC1OC(c2nn(-c3ccc(Br)cc3)cc2-c2ccc(F)cc2)NC1=O. The van der Waals surface area contributed by atoms with Crippen LogP contribution in [0.1, 0.15) is 18.8 Å². The molecular weight excluding hydrogens is 401 g/mol. The van der Waals surface area contributed by atoms with Crippen molar-refractivity contribution in [1.82, 2.24) is 15.1 Å². The van der Waals surface area contributed by atoms with E-state index < -0.39 is 12.3 Å². The van der Waals surface area contributed by atoms with E-state index in [1.165, 1.54) is 12.1 Å². The predicted molar refractivity (Wildman–Crippen MR) is 98.1 cm³/mol. The molecule has 2 unspecified atom stereocenters. The Hall–Kier alpha value is -2.51. The summed E-state index contributed by atoms with van der Waals surface area (Å²) in [4.78, 5) is 11.8. The Labute approximate surface area is 157 Å². The Balaban J connectivity index is 1.81. The highest BCUT2D eigenvalue weighted by atomic mass is 79.9. The summed E-state index contributed by atoms with van der Waals surface area (Å²) in [5.74, 6) is -0.493. The van der Waals surface area contributed by atoms with Crippen LogP contribution in [-0.2, 0) is 9.53 Å². The lowest BCUT2D eigenvalue weighted by atomic mass is 10.1. The van der Waals surface area contributed by atoms with Gasteiger partial charge in [-0.25, -0.2) is 9.07 Å². The van der Waals surface area contributed by atoms with Crippen LogP contribution in [0.4, 0.5) is 4.39 Å². The molecule has 0 aliphatic carbocycles. The van der Waals surface area contributed by atoms with Gasteiger partial charge in [0.15, 0.2) is 6.23 Å². The van der Waals surface area contributed by atoms with Crippen molar-refractivity contribution in [2.24, 2.45) is 0 Å². The number of aromatic nitrogens is 2. The Morgan fingerprint density at radius 2 is 1.85 bits per heavy atom. The summed E-state index contributed by atoms with van der Waals surface area (Å²) >= 11 is 3.42. The first-order valence-corrected chi connectivity index (χ1v) is 8.88. The fraction of sp³-hybridized carbons (Fsp3) is 0.158. The van der Waals surface area contributed by atoms with Gasteiger partial charge in [0.25, 0.3) is 5.91 Å². The van der Waals surface area contributed by atoms with Crippen LogP contribution in [-0.4, -0.2) is 21.8 Å². The van der Waals surface area contributed by atoms with E-state index in [0.29, 0.717) is 5.69 Å². The molecule has 1 aliphatic heterocycles. The van der Waals surface area contributed by atoms with Crippen molar-refractivity contribution in [3.05, 3.63) is 70.7 Å². The largest absolute Gasteiger partial charge is 0.340 e. The summed E-state index contributed by atoms with van der Waals surface area (Å²) in [6.07, 6.45) is 0.665. The fourth-order valence-corrected chi connectivity index (χ4v) is 3.10. The smallest absolute Gasteiger partial charge is 0.251 e. The number of halogens is 2. The van der Waals surface area contributed by atoms with Crippen molar-refractivity contribution in [3.8, 4) is 16.8 Å². The predicted octanol–water partition coefficient (Wildman–Crippen LogP) is 3.97. The van der Waals surface area contributed by atoms with Crippen LogP contribution >= 0.6 is 15.9 Å². The van der Waals surface area contributed by atoms with Crippen molar-refractivity contribution in [2.45, 2.75) is 19.3 Å². The molecule has 4 rings (SSSR count). The van der Waals surface area contributed by atoms with Crippen molar-refractivity contribution in [2.75, 3.05) is 0 Å². The number of amides is 1. The molecule has 1 saturated heterocycles. The van der Waals surface area contributed by atoms with E-state index >= 15 is 0 Å². The Kier molecular flexibility index (Phi) is 4.34. The van der Waals surface area contributed by atoms with Gasteiger partial charge in [-0.2, -0.15) is 5.10 Å². The van der Waals surface area contributed by atoms with Gasteiger partial charge in [0.2, 0.25) is 0 Å². The number of benzene rings is 2. The number of rotatable bonds is 3. The van der Waals surface area contributed by atoms with Gasteiger partial charge in [-0.15, -0.1) is 0 Å². The number of nitrogens with zero attached hydrogens (tertiary/aromatic N) is 2. The summed E-state index contributed by atoms with van der Waals surface area (Å²) in [6.45, 7) is 1.69. The first kappa shape index (κ1) is 16.9. The van der Waals surface area contributed by atoms with Crippen LogP contribution in [0.15, 0.2) is 59.2 Å². The van der Waals surface area contributed by atoms with Gasteiger partial charge in [-0.3, -0.25) is 4.79 Å². The zero-order valence-electron chi connectivity index (χ0n) is 13.8. The molecule has 1 aliphatic rings. The summed E-state index contributed by atoms with van der Waals surface area (Å²) in [5.41, 5.74) is 3.01. The molecule has 132 valence electrons. The first-order chi connectivity index (χ1) is 12.5. The molecule has 7 heteroatoms. The quantitative estimate of drug-likeness (QED) is 0.703. The molecule has 1 fully saturated rings. The minimum absolute atomic E-state index is 0.182. The molecule has 2 heterocycles. The third kappa shape index (κ3) is 3.15. The standard InChI is InChI=1S/C19H15BrFN3O2/c1-11-18(25)22-19(26-11)17-16(12-2-6-14(21)7-3-12)10-24(23-17)15-8-4-13(20)5-9-15/h2-11,19H,1H3,(H,22,25). The van der Waals surface area contributed by atoms with E-state index in [1.54, 1.807) is 23.7 Å². The average molecular weight is 416 g/mol. The molecule has 2 atom stereocenters. The number of carbonyl (C=O) groups excluding carboxylic acids is 1. The van der Waals surface area contributed by atoms with E-state index in [2.05, 4.69) is 26.3 Å². The molecule has 0 radical (unpaired) electrons. The monoisotopic (exact) mass is 415 g/mol. The number of carbonyl (C=O) groups is 1. The van der Waals surface area contributed by atoms with Gasteiger partial charge >= 0.3 is 0 Å². The van der Waals surface area contributed by atoms with E-state index in [1.807, 2.05) is 30.5 Å². The molecule has 5 nitrogen and oxygen atoms in total. The summed E-state index contributed by atoms with van der Waals surface area (Å²) in [6, 6.07) is 13.8. The van der Waals surface area contributed by atoms with E-state index in [0.717, 1.165) is 21.3 Å². The lowest BCUT2D eigenvalue weighted by Gasteiger charge is -2.10. The number of ether oxygens (including phenoxy) is 1. The number of hydrogen-bond acceptors (Lipinski definition) is 3. The van der Waals surface area contributed by atoms with Crippen molar-refractivity contribution >= 4 is 21.8 Å². The third-order valence-corrected chi connectivity index (χ3v) is 4.75. The lowest BCUT2D eigenvalue weighted by Crippen LogP contribution is -2.22. The Morgan fingerprint density at radius 1 is 1.15 bits per heavy atom. The molecule has 0 saturated carbocycles. The average Bonchev–Trinajstić information content (AvgIpc) is 3.20. The maximum absolute atomic E-state index is 13.3. The summed E-state index contributed by atoms with van der Waals surface area (Å²) in [7, 11) is 0. The van der Waals surface area contributed by atoms with Crippen LogP contribution in [0.3, 0.4) is 0 Å². The second kappa shape index (κ2) is 6.66. The van der Waals surface area contributed by atoms with Gasteiger partial charge in [0.05, 0.1) is 5.69 Å². The van der Waals surface area contributed by atoms with Gasteiger partial charge in [-0.1, -0.05) is 28.1 Å². The number of nitrogens with one attached hydrogen (secondary N) is 1. The van der Waals surface area contributed by atoms with Crippen LogP contribution in [0, 0.1) is 5.82 Å². The molecule has 3 aromatic rings. The van der Waals surface area contributed by atoms with Crippen molar-refractivity contribution in [1.29, 1.82) is 0 Å². The van der Waals surface area contributed by atoms with E-state index in [4.69, 9.17) is 4.74 Å². The molecule has 0 spiro atoms. The lowest BCUT2D eigenvalue weighted by molar-refractivity contribution is -0.122. The number of hydrogen-bond donors (Lipinski definition) is 1. The second-order valence-corrected chi connectivity index (χ2v) is 6.94. The maximum Gasteiger partial charge on any atom is 0.251 e. The fourth-order valence-electron chi connectivity index (χ4n) is 2.84. The first-order valence-electron chi connectivity index (χ1n) is 8.08. The summed E-state index contributed by atoms with van der Waals surface area (Å²) < 4.78 is 21.7. The maximum atomic E-state index is 13.3. The van der Waals surface area contributed by atoms with Crippen LogP contribution in [0.2, 0.25) is 0 Å². The van der Waals surface area contributed by atoms with Crippen molar-refractivity contribution < 1.29 is 13.9 Å². The van der Waals surface area contributed by atoms with Gasteiger partial charge in [0, 0.05) is 16.2 Å². The zero-order chi connectivity index (χ0) is 18.3. The van der Waals surface area contributed by atoms with Crippen LogP contribution in [0.25, 0.3) is 16.8 Å². The highest BCUT2D eigenvalue weighted by Crippen LogP contribution is 2.32. The molecule has 0 bridgehead atoms. The second-order valence-electron chi connectivity index (χ2n) is 6.02. The highest BCUT2D eigenvalue weighted by Gasteiger charge is 2.34. The molecule has 2 aromatic carbocycles. The molecule has 1 N–H and O–H groups in total. The van der Waals surface area contributed by atoms with Crippen LogP contribution < -0.4 is 5.32 Å². The minimum Gasteiger partial charge on any atom is -0.340 e. The third-order valence-electron chi connectivity index (χ3n) is 4.22. The Morgan fingerprint density at radius 3 is 2.46 bits per heavy atom.